The Morgan fingerprint density at radius 2 is 2.19 bits per heavy atom. The van der Waals surface area contributed by atoms with E-state index < -0.39 is 5.91 Å². The van der Waals surface area contributed by atoms with Crippen LogP contribution in [0.1, 0.15) is 15.4 Å². The lowest BCUT2D eigenvalue weighted by Crippen LogP contribution is -2.36. The predicted molar refractivity (Wildman–Crippen MR) is 95.5 cm³/mol. The van der Waals surface area contributed by atoms with Crippen molar-refractivity contribution in [3.63, 3.8) is 0 Å². The highest BCUT2D eigenvalue weighted by atomic mass is 35.5. The van der Waals surface area contributed by atoms with Crippen LogP contribution in [0, 0.1) is 0 Å². The molecule has 0 saturated heterocycles. The van der Waals surface area contributed by atoms with Gasteiger partial charge in [0.2, 0.25) is 5.69 Å². The number of hydrogen-bond donors (Lipinski definition) is 1. The van der Waals surface area contributed by atoms with E-state index in [0.717, 1.165) is 4.88 Å². The molecule has 0 aliphatic heterocycles. The summed E-state index contributed by atoms with van der Waals surface area (Å²) in [6.45, 7) is 0.289. The number of fused-ring (bicyclic) bond motifs is 1. The minimum Gasteiger partial charge on any atom is -0.839 e. The summed E-state index contributed by atoms with van der Waals surface area (Å²) < 4.78 is 3.52. The molecule has 130 valence electrons. The zero-order valence-electron chi connectivity index (χ0n) is 13.3. The zero-order chi connectivity index (χ0) is 18.1. The Balaban J connectivity index is 1.77. The van der Waals surface area contributed by atoms with Gasteiger partial charge in [0, 0.05) is 18.5 Å². The molecule has 0 aliphatic carbocycles. The van der Waals surface area contributed by atoms with Crippen LogP contribution < -0.4 is 15.0 Å². The van der Waals surface area contributed by atoms with Gasteiger partial charge in [-0.3, -0.25) is 9.78 Å². The van der Waals surface area contributed by atoms with Crippen molar-refractivity contribution in [3.8, 4) is 5.88 Å². The van der Waals surface area contributed by atoms with Gasteiger partial charge in [-0.1, -0.05) is 17.7 Å². The van der Waals surface area contributed by atoms with Gasteiger partial charge in [0.05, 0.1) is 23.0 Å². The maximum atomic E-state index is 12.9. The van der Waals surface area contributed by atoms with Gasteiger partial charge in [-0.05, 0) is 18.2 Å². The van der Waals surface area contributed by atoms with E-state index in [4.69, 9.17) is 11.6 Å². The van der Waals surface area contributed by atoms with E-state index in [1.807, 2.05) is 6.07 Å². The molecule has 4 rings (SSSR count). The highest BCUT2D eigenvalue weighted by molar-refractivity contribution is 7.15. The third-order valence-electron chi connectivity index (χ3n) is 3.78. The Bertz CT molecular complexity index is 1090. The molecule has 26 heavy (non-hydrogen) atoms. The van der Waals surface area contributed by atoms with Gasteiger partial charge in [0.25, 0.3) is 11.6 Å². The lowest BCUT2D eigenvalue weighted by Gasteiger charge is -2.06. The van der Waals surface area contributed by atoms with Crippen molar-refractivity contribution in [2.24, 2.45) is 0 Å². The largest absolute Gasteiger partial charge is 0.839 e. The van der Waals surface area contributed by atoms with Crippen molar-refractivity contribution in [2.75, 3.05) is 5.32 Å². The number of nitrogens with one attached hydrogen (secondary N) is 1. The van der Waals surface area contributed by atoms with Gasteiger partial charge in [-0.15, -0.1) is 11.3 Å². The molecule has 1 amide bonds. The number of nitrogens with zero attached hydrogens (tertiary/aromatic N) is 4. The number of halogens is 1. The SMILES string of the molecule is O=C(Nc1cccnc1)c1c([O-])[n+](Cc2cnc(Cl)s2)c2ccccn12. The third kappa shape index (κ3) is 3.00. The summed E-state index contributed by atoms with van der Waals surface area (Å²) in [6, 6.07) is 8.77. The Kier molecular flexibility index (Phi) is 4.27. The summed E-state index contributed by atoms with van der Waals surface area (Å²) in [6.07, 6.45) is 6.44. The zero-order valence-corrected chi connectivity index (χ0v) is 14.9. The van der Waals surface area contributed by atoms with E-state index in [9.17, 15) is 9.90 Å². The Morgan fingerprint density at radius 1 is 1.31 bits per heavy atom. The highest BCUT2D eigenvalue weighted by Crippen LogP contribution is 2.21. The summed E-state index contributed by atoms with van der Waals surface area (Å²) in [7, 11) is 0. The quantitative estimate of drug-likeness (QED) is 0.545. The number of thiazole rings is 1. The number of hydrogen-bond acceptors (Lipinski definition) is 5. The Morgan fingerprint density at radius 3 is 2.92 bits per heavy atom. The number of pyridine rings is 2. The van der Waals surface area contributed by atoms with Gasteiger partial charge in [0.1, 0.15) is 12.4 Å². The smallest absolute Gasteiger partial charge is 0.299 e. The van der Waals surface area contributed by atoms with Gasteiger partial charge in [0.15, 0.2) is 4.47 Å². The summed E-state index contributed by atoms with van der Waals surface area (Å²) in [5, 5.41) is 15.7. The van der Waals surface area contributed by atoms with Gasteiger partial charge < -0.3 is 10.4 Å². The summed E-state index contributed by atoms with van der Waals surface area (Å²) in [4.78, 5) is 21.5. The van der Waals surface area contributed by atoms with Crippen LogP contribution in [0.2, 0.25) is 4.47 Å². The fraction of sp³-hybridized carbons (Fsp3) is 0.0588. The number of rotatable bonds is 4. The van der Waals surface area contributed by atoms with Crippen molar-refractivity contribution in [3.05, 3.63) is 70.2 Å². The molecule has 0 aromatic carbocycles. The average molecular weight is 386 g/mol. The molecule has 0 fully saturated rings. The molecule has 0 radical (unpaired) electrons. The first-order chi connectivity index (χ1) is 12.6. The van der Waals surface area contributed by atoms with Crippen molar-refractivity contribution in [1.82, 2.24) is 14.4 Å². The minimum atomic E-state index is -0.495. The maximum Gasteiger partial charge on any atom is 0.299 e. The van der Waals surface area contributed by atoms with E-state index in [0.29, 0.717) is 15.8 Å². The third-order valence-corrected chi connectivity index (χ3v) is 4.88. The molecule has 9 heteroatoms. The Hall–Kier alpha value is -2.97. The first kappa shape index (κ1) is 16.5. The molecule has 0 unspecified atom stereocenters. The van der Waals surface area contributed by atoms with Crippen LogP contribution in [-0.4, -0.2) is 20.3 Å². The van der Waals surface area contributed by atoms with Crippen LogP contribution in [0.5, 0.6) is 5.88 Å². The van der Waals surface area contributed by atoms with Crippen molar-refractivity contribution in [2.45, 2.75) is 6.54 Å². The van der Waals surface area contributed by atoms with E-state index in [1.54, 1.807) is 47.3 Å². The number of carbonyl (C=O) groups is 1. The second kappa shape index (κ2) is 6.74. The second-order valence-electron chi connectivity index (χ2n) is 5.44. The van der Waals surface area contributed by atoms with Gasteiger partial charge in [-0.2, -0.15) is 4.40 Å². The first-order valence-electron chi connectivity index (χ1n) is 7.65. The highest BCUT2D eigenvalue weighted by Gasteiger charge is 2.25. The fourth-order valence-electron chi connectivity index (χ4n) is 2.68. The molecule has 0 atom stereocenters. The average Bonchev–Trinajstić information content (AvgIpc) is 3.17. The monoisotopic (exact) mass is 385 g/mol. The molecule has 0 spiro atoms. The second-order valence-corrected chi connectivity index (χ2v) is 7.14. The molecule has 0 bridgehead atoms. The lowest BCUT2D eigenvalue weighted by molar-refractivity contribution is -0.704. The predicted octanol–water partition coefficient (Wildman–Crippen LogP) is 2.11. The topological polar surface area (TPSA) is 86.2 Å². The van der Waals surface area contributed by atoms with Crippen LogP contribution in [0.15, 0.2) is 55.1 Å². The van der Waals surface area contributed by atoms with Crippen LogP contribution in [0.4, 0.5) is 5.69 Å². The van der Waals surface area contributed by atoms with E-state index in [-0.39, 0.29) is 18.1 Å². The van der Waals surface area contributed by atoms with E-state index in [1.165, 1.54) is 22.1 Å². The van der Waals surface area contributed by atoms with E-state index in [2.05, 4.69) is 15.3 Å². The molecule has 4 aromatic rings. The number of aromatic nitrogens is 4. The minimum absolute atomic E-state index is 0.0278. The number of carbonyl (C=O) groups excluding carboxylic acids is 1. The van der Waals surface area contributed by atoms with Crippen LogP contribution in [0.3, 0.4) is 0 Å². The van der Waals surface area contributed by atoms with Crippen molar-refractivity contribution in [1.29, 1.82) is 0 Å². The van der Waals surface area contributed by atoms with Crippen LogP contribution in [0.25, 0.3) is 5.65 Å². The van der Waals surface area contributed by atoms with Crippen LogP contribution >= 0.6 is 22.9 Å². The molecule has 0 aliphatic rings. The van der Waals surface area contributed by atoms with Crippen molar-refractivity contribution < 1.29 is 14.5 Å². The fourth-order valence-corrected chi connectivity index (χ4v) is 3.64. The molecule has 0 saturated carbocycles. The van der Waals surface area contributed by atoms with Crippen molar-refractivity contribution >= 4 is 40.2 Å². The molecular weight excluding hydrogens is 374 g/mol. The first-order valence-corrected chi connectivity index (χ1v) is 8.84. The van der Waals surface area contributed by atoms with Gasteiger partial charge >= 0.3 is 0 Å². The molecule has 1 N–H and O–H groups in total. The van der Waals surface area contributed by atoms with Crippen LogP contribution in [-0.2, 0) is 6.54 Å². The van der Waals surface area contributed by atoms with Gasteiger partial charge in [-0.25, -0.2) is 9.55 Å². The lowest BCUT2D eigenvalue weighted by atomic mass is 10.3. The molecular formula is C17H12ClN5O2S. The summed E-state index contributed by atoms with van der Waals surface area (Å²) in [5.74, 6) is -0.882. The number of amides is 1. The maximum absolute atomic E-state index is 12.9. The number of imidazole rings is 1. The number of anilines is 1. The molecule has 7 nitrogen and oxygen atoms in total. The molecule has 4 aromatic heterocycles. The molecule has 4 heterocycles. The summed E-state index contributed by atoms with van der Waals surface area (Å²) in [5.41, 5.74) is 1.15. The Labute approximate surface area is 157 Å². The summed E-state index contributed by atoms with van der Waals surface area (Å²) >= 11 is 7.17. The standard InChI is InChI=1S/C17H12ClN5O2S/c18-17-20-9-12(26-17)10-23-13-5-1-2-7-22(13)14(16(23)25)15(24)21-11-4-3-6-19-8-11/h1-9H,10H2,(H-,21,24,25). The normalized spacial score (nSPS) is 11.0. The van der Waals surface area contributed by atoms with E-state index >= 15 is 0 Å².